The average Bonchev–Trinajstić information content (AvgIpc) is 3.01. The van der Waals surface area contributed by atoms with Crippen LogP contribution in [0.25, 0.3) is 5.70 Å². The van der Waals surface area contributed by atoms with E-state index < -0.39 is 17.9 Å². The molecule has 0 spiro atoms. The first-order valence-electron chi connectivity index (χ1n) is 15.7. The summed E-state index contributed by atoms with van der Waals surface area (Å²) in [7, 11) is 0. The SMILES string of the molecule is CCCCCCCOc1ccc(N(/C=C(\N)c2ccc(CC(NC(=O)c3ccc(C(C)(C)C)cc3)C(=O)O)cc2)CC)cc1. The van der Waals surface area contributed by atoms with Crippen molar-refractivity contribution >= 4 is 23.3 Å². The molecular formula is C37H49N3O4. The molecule has 44 heavy (non-hydrogen) atoms. The molecule has 0 aliphatic rings. The van der Waals surface area contributed by atoms with E-state index in [1.54, 1.807) is 12.1 Å². The van der Waals surface area contributed by atoms with E-state index >= 15 is 0 Å². The summed E-state index contributed by atoms with van der Waals surface area (Å²) in [5, 5.41) is 12.5. The molecule has 7 nitrogen and oxygen atoms in total. The van der Waals surface area contributed by atoms with Gasteiger partial charge in [-0.1, -0.05) is 89.8 Å². The highest BCUT2D eigenvalue weighted by Gasteiger charge is 2.22. The number of carboxylic acid groups (broad SMARTS) is 1. The van der Waals surface area contributed by atoms with E-state index in [4.69, 9.17) is 10.5 Å². The van der Waals surface area contributed by atoms with Gasteiger partial charge in [0.2, 0.25) is 0 Å². The van der Waals surface area contributed by atoms with Crippen molar-refractivity contribution in [1.82, 2.24) is 5.32 Å². The molecule has 3 aromatic rings. The molecule has 236 valence electrons. The highest BCUT2D eigenvalue weighted by Crippen LogP contribution is 2.23. The van der Waals surface area contributed by atoms with Crippen LogP contribution in [0.1, 0.15) is 93.8 Å². The zero-order valence-electron chi connectivity index (χ0n) is 26.9. The maximum atomic E-state index is 12.8. The van der Waals surface area contributed by atoms with Gasteiger partial charge in [0.1, 0.15) is 11.8 Å². The van der Waals surface area contributed by atoms with Crippen LogP contribution in [0.15, 0.2) is 79.0 Å². The number of ether oxygens (including phenoxy) is 1. The highest BCUT2D eigenvalue weighted by atomic mass is 16.5. The Hall–Kier alpha value is -4.26. The van der Waals surface area contributed by atoms with Gasteiger partial charge in [-0.3, -0.25) is 4.79 Å². The van der Waals surface area contributed by atoms with Gasteiger partial charge in [0, 0.05) is 30.4 Å². The van der Waals surface area contributed by atoms with Gasteiger partial charge in [-0.15, -0.1) is 0 Å². The number of carbonyl (C=O) groups is 2. The van der Waals surface area contributed by atoms with Gasteiger partial charge >= 0.3 is 5.97 Å². The van der Waals surface area contributed by atoms with Crippen molar-refractivity contribution < 1.29 is 19.4 Å². The van der Waals surface area contributed by atoms with E-state index in [0.29, 0.717) is 11.3 Å². The van der Waals surface area contributed by atoms with Crippen LogP contribution in [0.2, 0.25) is 0 Å². The molecule has 0 aliphatic carbocycles. The molecule has 0 saturated carbocycles. The van der Waals surface area contributed by atoms with Crippen LogP contribution in [0, 0.1) is 0 Å². The number of carboxylic acids is 1. The predicted octanol–water partition coefficient (Wildman–Crippen LogP) is 7.54. The third-order valence-corrected chi connectivity index (χ3v) is 7.66. The molecule has 3 aromatic carbocycles. The van der Waals surface area contributed by atoms with E-state index in [-0.39, 0.29) is 11.8 Å². The Morgan fingerprint density at radius 3 is 2.07 bits per heavy atom. The van der Waals surface area contributed by atoms with E-state index in [1.807, 2.05) is 66.9 Å². The van der Waals surface area contributed by atoms with Crippen LogP contribution in [0.4, 0.5) is 5.69 Å². The first-order chi connectivity index (χ1) is 21.0. The second-order valence-corrected chi connectivity index (χ2v) is 12.2. The minimum Gasteiger partial charge on any atom is -0.494 e. The van der Waals surface area contributed by atoms with E-state index in [0.717, 1.165) is 47.7 Å². The number of amides is 1. The zero-order chi connectivity index (χ0) is 32.1. The molecule has 0 heterocycles. The summed E-state index contributed by atoms with van der Waals surface area (Å²) in [5.41, 5.74) is 11.2. The molecule has 0 bridgehead atoms. The third-order valence-electron chi connectivity index (χ3n) is 7.66. The molecule has 0 aromatic heterocycles. The molecule has 4 N–H and O–H groups in total. The summed E-state index contributed by atoms with van der Waals surface area (Å²) in [6.07, 6.45) is 8.10. The fourth-order valence-corrected chi connectivity index (χ4v) is 4.85. The maximum Gasteiger partial charge on any atom is 0.326 e. The second kappa shape index (κ2) is 16.6. The number of benzene rings is 3. The predicted molar refractivity (Wildman–Crippen MR) is 180 cm³/mol. The summed E-state index contributed by atoms with van der Waals surface area (Å²) >= 11 is 0. The monoisotopic (exact) mass is 599 g/mol. The Bertz CT molecular complexity index is 1360. The molecule has 0 radical (unpaired) electrons. The summed E-state index contributed by atoms with van der Waals surface area (Å²) < 4.78 is 5.90. The standard InChI is InChI=1S/C37H49N3O4/c1-6-8-9-10-11-24-44-32-22-20-31(21-23-32)40(7-2)26-33(38)28-14-12-27(13-15-28)25-34(36(42)43)39-35(41)29-16-18-30(19-17-29)37(3,4)5/h12-23,26,34H,6-11,24-25,38H2,1-5H3,(H,39,41)(H,42,43)/b33-26-. The number of carbonyl (C=O) groups excluding carboxylic acids is 1. The summed E-state index contributed by atoms with van der Waals surface area (Å²) in [6, 6.07) is 21.7. The van der Waals surface area contributed by atoms with E-state index in [2.05, 4.69) is 44.8 Å². The lowest BCUT2D eigenvalue weighted by Gasteiger charge is -2.20. The van der Waals surface area contributed by atoms with Crippen LogP contribution in [-0.2, 0) is 16.6 Å². The summed E-state index contributed by atoms with van der Waals surface area (Å²) in [5.74, 6) is -0.638. The van der Waals surface area contributed by atoms with Gasteiger partial charge in [0.25, 0.3) is 5.91 Å². The minimum atomic E-state index is -1.09. The zero-order valence-corrected chi connectivity index (χ0v) is 26.9. The Morgan fingerprint density at radius 2 is 1.50 bits per heavy atom. The normalized spacial score (nSPS) is 12.4. The Balaban J connectivity index is 1.59. The fraction of sp³-hybridized carbons (Fsp3) is 0.405. The second-order valence-electron chi connectivity index (χ2n) is 12.2. The summed E-state index contributed by atoms with van der Waals surface area (Å²) in [4.78, 5) is 26.9. The molecule has 7 heteroatoms. The van der Waals surface area contributed by atoms with Crippen molar-refractivity contribution in [3.8, 4) is 5.75 Å². The van der Waals surface area contributed by atoms with Crippen LogP contribution >= 0.6 is 0 Å². The van der Waals surface area contributed by atoms with E-state index in [1.165, 1.54) is 25.7 Å². The van der Waals surface area contributed by atoms with Crippen LogP contribution in [0.5, 0.6) is 5.75 Å². The first kappa shape index (κ1) is 34.2. The molecule has 0 aliphatic heterocycles. The van der Waals surface area contributed by atoms with Gasteiger partial charge in [-0.05, 0) is 71.8 Å². The van der Waals surface area contributed by atoms with Crippen molar-refractivity contribution in [3.63, 3.8) is 0 Å². The number of aliphatic carboxylic acids is 1. The number of hydrogen-bond donors (Lipinski definition) is 3. The molecule has 0 saturated heterocycles. The number of rotatable bonds is 16. The first-order valence-corrected chi connectivity index (χ1v) is 15.7. The van der Waals surface area contributed by atoms with Gasteiger partial charge in [-0.25, -0.2) is 4.79 Å². The van der Waals surface area contributed by atoms with Gasteiger partial charge in [-0.2, -0.15) is 0 Å². The molecule has 1 atom stereocenters. The van der Waals surface area contributed by atoms with Gasteiger partial charge < -0.3 is 25.8 Å². The molecule has 1 amide bonds. The maximum absolute atomic E-state index is 12.8. The summed E-state index contributed by atoms with van der Waals surface area (Å²) in [6.45, 7) is 12.0. The Morgan fingerprint density at radius 1 is 0.886 bits per heavy atom. The fourth-order valence-electron chi connectivity index (χ4n) is 4.85. The lowest BCUT2D eigenvalue weighted by molar-refractivity contribution is -0.139. The minimum absolute atomic E-state index is 0.0358. The van der Waals surface area contributed by atoms with Gasteiger partial charge in [0.15, 0.2) is 0 Å². The lowest BCUT2D eigenvalue weighted by atomic mass is 9.86. The van der Waals surface area contributed by atoms with Crippen LogP contribution < -0.4 is 20.7 Å². The number of hydrogen-bond acceptors (Lipinski definition) is 5. The van der Waals surface area contributed by atoms with Gasteiger partial charge in [0.05, 0.1) is 12.3 Å². The molecule has 0 fully saturated rings. The Labute approximate surface area is 263 Å². The van der Waals surface area contributed by atoms with Crippen molar-refractivity contribution in [3.05, 3.63) is 101 Å². The van der Waals surface area contributed by atoms with E-state index in [9.17, 15) is 14.7 Å². The lowest BCUT2D eigenvalue weighted by Crippen LogP contribution is -2.42. The molecule has 3 rings (SSSR count). The van der Waals surface area contributed by atoms with Crippen LogP contribution in [-0.4, -0.2) is 36.2 Å². The topological polar surface area (TPSA) is 105 Å². The van der Waals surface area contributed by atoms with Crippen molar-refractivity contribution in [2.45, 2.75) is 84.6 Å². The Kier molecular flexibility index (Phi) is 12.9. The van der Waals surface area contributed by atoms with Crippen molar-refractivity contribution in [2.24, 2.45) is 5.73 Å². The molecule has 1 unspecified atom stereocenters. The number of nitrogens with zero attached hydrogens (tertiary/aromatic N) is 1. The smallest absolute Gasteiger partial charge is 0.326 e. The molecular weight excluding hydrogens is 550 g/mol. The van der Waals surface area contributed by atoms with Crippen LogP contribution in [0.3, 0.4) is 0 Å². The van der Waals surface area contributed by atoms with Crippen molar-refractivity contribution in [2.75, 3.05) is 18.1 Å². The highest BCUT2D eigenvalue weighted by molar-refractivity contribution is 5.96. The average molecular weight is 600 g/mol. The quantitative estimate of drug-likeness (QED) is 0.147. The number of anilines is 1. The largest absolute Gasteiger partial charge is 0.494 e. The van der Waals surface area contributed by atoms with Crippen molar-refractivity contribution in [1.29, 1.82) is 0 Å². The number of nitrogens with two attached hydrogens (primary N) is 1. The number of nitrogens with one attached hydrogen (secondary N) is 1. The third kappa shape index (κ3) is 10.5. The number of unbranched alkanes of at least 4 members (excludes halogenated alkanes) is 4.